The van der Waals surface area contributed by atoms with Crippen LogP contribution in [0.5, 0.6) is 0 Å². The van der Waals surface area contributed by atoms with Crippen molar-refractivity contribution in [2.45, 2.75) is 20.3 Å². The molecule has 5 heteroatoms. The summed E-state index contributed by atoms with van der Waals surface area (Å²) in [4.78, 5) is 9.07. The summed E-state index contributed by atoms with van der Waals surface area (Å²) in [6, 6.07) is 6.65. The minimum Gasteiger partial charge on any atom is -0.280 e. The molecule has 0 aliphatic heterocycles. The molecule has 2 heterocycles. The Balaban J connectivity index is 2.36. The Hall–Kier alpha value is -1.94. The van der Waals surface area contributed by atoms with Gasteiger partial charge < -0.3 is 0 Å². The Morgan fingerprint density at radius 3 is 2.76 bits per heavy atom. The SMILES string of the molecule is Cc1ccc(F)cc1-n1c(CCCl)nc2c(C)ccnc21. The van der Waals surface area contributed by atoms with Gasteiger partial charge in [0.1, 0.15) is 17.2 Å². The van der Waals surface area contributed by atoms with Crippen LogP contribution in [-0.4, -0.2) is 20.4 Å². The van der Waals surface area contributed by atoms with Crippen molar-refractivity contribution in [2.75, 3.05) is 5.88 Å². The van der Waals surface area contributed by atoms with Gasteiger partial charge in [0.2, 0.25) is 0 Å². The second-order valence-electron chi connectivity index (χ2n) is 5.03. The normalized spacial score (nSPS) is 11.2. The first-order valence-corrected chi connectivity index (χ1v) is 7.30. The first-order chi connectivity index (χ1) is 10.1. The summed E-state index contributed by atoms with van der Waals surface area (Å²) >= 11 is 5.89. The minimum absolute atomic E-state index is 0.276. The first-order valence-electron chi connectivity index (χ1n) is 6.77. The van der Waals surface area contributed by atoms with Gasteiger partial charge >= 0.3 is 0 Å². The number of hydrogen-bond donors (Lipinski definition) is 0. The molecular formula is C16H15ClFN3. The highest BCUT2D eigenvalue weighted by molar-refractivity contribution is 6.17. The van der Waals surface area contributed by atoms with Crippen LogP contribution in [0.3, 0.4) is 0 Å². The van der Waals surface area contributed by atoms with E-state index in [1.165, 1.54) is 12.1 Å². The van der Waals surface area contributed by atoms with Crippen LogP contribution in [0.25, 0.3) is 16.9 Å². The van der Waals surface area contributed by atoms with Crippen molar-refractivity contribution in [3.8, 4) is 5.69 Å². The number of hydrogen-bond acceptors (Lipinski definition) is 2. The number of benzene rings is 1. The summed E-state index contributed by atoms with van der Waals surface area (Å²) in [6.45, 7) is 3.94. The van der Waals surface area contributed by atoms with Crippen LogP contribution < -0.4 is 0 Å². The largest absolute Gasteiger partial charge is 0.280 e. The third kappa shape index (κ3) is 2.40. The lowest BCUT2D eigenvalue weighted by atomic mass is 10.2. The Morgan fingerprint density at radius 2 is 2.00 bits per heavy atom. The summed E-state index contributed by atoms with van der Waals surface area (Å²) in [5.41, 5.74) is 4.35. The zero-order valence-electron chi connectivity index (χ0n) is 11.9. The van der Waals surface area contributed by atoms with E-state index in [2.05, 4.69) is 9.97 Å². The summed E-state index contributed by atoms with van der Waals surface area (Å²) in [6.07, 6.45) is 2.35. The molecule has 0 N–H and O–H groups in total. The summed E-state index contributed by atoms with van der Waals surface area (Å²) in [5, 5.41) is 0. The molecule has 0 spiro atoms. The van der Waals surface area contributed by atoms with E-state index in [-0.39, 0.29) is 5.82 Å². The van der Waals surface area contributed by atoms with Gasteiger partial charge in [0.15, 0.2) is 5.65 Å². The second-order valence-corrected chi connectivity index (χ2v) is 5.41. The number of fused-ring (bicyclic) bond motifs is 1. The van der Waals surface area contributed by atoms with Gasteiger partial charge in [-0.1, -0.05) is 6.07 Å². The number of alkyl halides is 1. The fourth-order valence-corrected chi connectivity index (χ4v) is 2.64. The maximum Gasteiger partial charge on any atom is 0.164 e. The predicted molar refractivity (Wildman–Crippen MR) is 82.7 cm³/mol. The number of pyridine rings is 1. The summed E-state index contributed by atoms with van der Waals surface area (Å²) < 4.78 is 15.6. The lowest BCUT2D eigenvalue weighted by Crippen LogP contribution is -2.05. The van der Waals surface area contributed by atoms with Crippen molar-refractivity contribution in [1.29, 1.82) is 0 Å². The van der Waals surface area contributed by atoms with Gasteiger partial charge in [-0.3, -0.25) is 4.57 Å². The Kier molecular flexibility index (Phi) is 3.64. The standard InChI is InChI=1S/C16H15ClFN3/c1-10-3-4-12(18)9-13(10)21-14(5-7-17)20-15-11(2)6-8-19-16(15)21/h3-4,6,8-9H,5,7H2,1-2H3. The van der Waals surface area contributed by atoms with Crippen LogP contribution in [-0.2, 0) is 6.42 Å². The Bertz CT molecular complexity index is 811. The highest BCUT2D eigenvalue weighted by atomic mass is 35.5. The van der Waals surface area contributed by atoms with Crippen molar-refractivity contribution in [3.05, 3.63) is 53.2 Å². The van der Waals surface area contributed by atoms with Crippen LogP contribution >= 0.6 is 11.6 Å². The maximum atomic E-state index is 13.7. The molecule has 108 valence electrons. The number of aryl methyl sites for hydroxylation is 3. The number of rotatable bonds is 3. The van der Waals surface area contributed by atoms with Gasteiger partial charge in [-0.15, -0.1) is 11.6 Å². The molecule has 0 aliphatic carbocycles. The molecule has 21 heavy (non-hydrogen) atoms. The predicted octanol–water partition coefficient (Wildman–Crippen LogP) is 3.96. The molecule has 0 radical (unpaired) electrons. The van der Waals surface area contributed by atoms with Gasteiger partial charge in [0.25, 0.3) is 0 Å². The number of halogens is 2. The molecule has 3 rings (SSSR count). The molecule has 0 atom stereocenters. The average Bonchev–Trinajstić information content (AvgIpc) is 2.82. The zero-order valence-corrected chi connectivity index (χ0v) is 12.7. The zero-order chi connectivity index (χ0) is 15.0. The summed E-state index contributed by atoms with van der Waals surface area (Å²) in [5.74, 6) is 0.980. The smallest absolute Gasteiger partial charge is 0.164 e. The van der Waals surface area contributed by atoms with Gasteiger partial charge in [0, 0.05) is 18.5 Å². The van der Waals surface area contributed by atoms with Crippen molar-refractivity contribution < 1.29 is 4.39 Å². The van der Waals surface area contributed by atoms with Gasteiger partial charge in [-0.25, -0.2) is 14.4 Å². The molecule has 0 unspecified atom stereocenters. The molecule has 0 saturated carbocycles. The van der Waals surface area contributed by atoms with E-state index in [0.717, 1.165) is 33.8 Å². The quantitative estimate of drug-likeness (QED) is 0.686. The fourth-order valence-electron chi connectivity index (χ4n) is 2.47. The lowest BCUT2D eigenvalue weighted by Gasteiger charge is -2.11. The van der Waals surface area contributed by atoms with E-state index in [1.807, 2.05) is 24.5 Å². The second kappa shape index (κ2) is 5.45. The van der Waals surface area contributed by atoms with Crippen molar-refractivity contribution in [1.82, 2.24) is 14.5 Å². The Labute approximate surface area is 127 Å². The van der Waals surface area contributed by atoms with E-state index in [9.17, 15) is 4.39 Å². The van der Waals surface area contributed by atoms with Crippen LogP contribution in [0.2, 0.25) is 0 Å². The van der Waals surface area contributed by atoms with Crippen molar-refractivity contribution in [2.24, 2.45) is 0 Å². The highest BCUT2D eigenvalue weighted by Crippen LogP contribution is 2.25. The third-order valence-corrected chi connectivity index (χ3v) is 3.74. The molecule has 1 aromatic carbocycles. The lowest BCUT2D eigenvalue weighted by molar-refractivity contribution is 0.626. The van der Waals surface area contributed by atoms with Gasteiger partial charge in [-0.2, -0.15) is 0 Å². The maximum absolute atomic E-state index is 13.7. The van der Waals surface area contributed by atoms with Gasteiger partial charge in [-0.05, 0) is 43.2 Å². The molecule has 0 bridgehead atoms. The van der Waals surface area contributed by atoms with Crippen LogP contribution in [0.4, 0.5) is 4.39 Å². The van der Waals surface area contributed by atoms with E-state index in [0.29, 0.717) is 12.3 Å². The van der Waals surface area contributed by atoms with Crippen LogP contribution in [0.15, 0.2) is 30.5 Å². The number of aromatic nitrogens is 3. The van der Waals surface area contributed by atoms with Crippen molar-refractivity contribution in [3.63, 3.8) is 0 Å². The van der Waals surface area contributed by atoms with E-state index in [1.54, 1.807) is 12.3 Å². The minimum atomic E-state index is -0.276. The molecular weight excluding hydrogens is 289 g/mol. The molecule has 3 aromatic rings. The topological polar surface area (TPSA) is 30.7 Å². The molecule has 0 aliphatic rings. The molecule has 0 amide bonds. The van der Waals surface area contributed by atoms with Crippen LogP contribution in [0, 0.1) is 19.7 Å². The fraction of sp³-hybridized carbons (Fsp3) is 0.250. The average molecular weight is 304 g/mol. The van der Waals surface area contributed by atoms with E-state index in [4.69, 9.17) is 11.6 Å². The van der Waals surface area contributed by atoms with E-state index < -0.39 is 0 Å². The van der Waals surface area contributed by atoms with E-state index >= 15 is 0 Å². The first kappa shape index (κ1) is 14.0. The third-order valence-electron chi connectivity index (χ3n) is 3.55. The molecule has 3 nitrogen and oxygen atoms in total. The van der Waals surface area contributed by atoms with Crippen LogP contribution in [0.1, 0.15) is 17.0 Å². The monoisotopic (exact) mass is 303 g/mol. The highest BCUT2D eigenvalue weighted by Gasteiger charge is 2.16. The molecule has 0 saturated heterocycles. The number of imidazole rings is 1. The Morgan fingerprint density at radius 1 is 1.19 bits per heavy atom. The van der Waals surface area contributed by atoms with Gasteiger partial charge in [0.05, 0.1) is 5.69 Å². The molecule has 2 aromatic heterocycles. The number of nitrogens with zero attached hydrogens (tertiary/aromatic N) is 3. The summed E-state index contributed by atoms with van der Waals surface area (Å²) in [7, 11) is 0. The molecule has 0 fully saturated rings. The van der Waals surface area contributed by atoms with Crippen molar-refractivity contribution >= 4 is 22.8 Å².